The molecule has 4 nitrogen and oxygen atoms in total. The van der Waals surface area contributed by atoms with Crippen LogP contribution in [0.3, 0.4) is 0 Å². The first-order chi connectivity index (χ1) is 10.1. The molecule has 0 aromatic rings. The third kappa shape index (κ3) is 3.24. The van der Waals surface area contributed by atoms with Gasteiger partial charge in [0.2, 0.25) is 11.8 Å². The second kappa shape index (κ2) is 5.98. The second-order valence-corrected chi connectivity index (χ2v) is 7.49. The number of nitrogens with zero attached hydrogens (tertiary/aromatic N) is 2. The lowest BCUT2D eigenvalue weighted by Crippen LogP contribution is -2.42. The first kappa shape index (κ1) is 14.9. The Balaban J connectivity index is 1.51. The molecule has 21 heavy (non-hydrogen) atoms. The highest BCUT2D eigenvalue weighted by molar-refractivity contribution is 5.92. The van der Waals surface area contributed by atoms with E-state index >= 15 is 0 Å². The smallest absolute Gasteiger partial charge is 0.226 e. The summed E-state index contributed by atoms with van der Waals surface area (Å²) in [5.41, 5.74) is 0. The van der Waals surface area contributed by atoms with Crippen LogP contribution in [0.15, 0.2) is 0 Å². The van der Waals surface area contributed by atoms with Gasteiger partial charge in [-0.15, -0.1) is 0 Å². The van der Waals surface area contributed by atoms with Crippen molar-refractivity contribution in [2.45, 2.75) is 46.0 Å². The van der Waals surface area contributed by atoms with Crippen molar-refractivity contribution in [1.82, 2.24) is 9.80 Å². The van der Waals surface area contributed by atoms with Crippen molar-refractivity contribution in [3.63, 3.8) is 0 Å². The van der Waals surface area contributed by atoms with Crippen LogP contribution in [0.1, 0.15) is 46.0 Å². The molecule has 0 radical (unpaired) electrons. The fraction of sp³-hybridized carbons (Fsp3) is 0.882. The molecule has 2 amide bonds. The average molecular weight is 292 g/mol. The quantitative estimate of drug-likeness (QED) is 0.782. The number of carbonyl (C=O) groups is 2. The molecule has 3 fully saturated rings. The summed E-state index contributed by atoms with van der Waals surface area (Å²) < 4.78 is 0. The van der Waals surface area contributed by atoms with Crippen LogP contribution < -0.4 is 0 Å². The van der Waals surface area contributed by atoms with Gasteiger partial charge in [-0.2, -0.15) is 0 Å². The Hall–Kier alpha value is -1.06. The lowest BCUT2D eigenvalue weighted by molar-refractivity contribution is -0.139. The molecule has 118 valence electrons. The summed E-state index contributed by atoms with van der Waals surface area (Å²) in [6, 6.07) is 0. The van der Waals surface area contributed by atoms with Gasteiger partial charge in [-0.1, -0.05) is 13.8 Å². The number of rotatable bonds is 2. The van der Waals surface area contributed by atoms with Gasteiger partial charge in [0.1, 0.15) is 0 Å². The largest absolute Gasteiger partial charge is 0.342 e. The molecule has 3 unspecified atom stereocenters. The van der Waals surface area contributed by atoms with E-state index < -0.39 is 0 Å². The molecule has 0 aromatic carbocycles. The fourth-order valence-corrected chi connectivity index (χ4v) is 3.83. The zero-order chi connectivity index (χ0) is 15.0. The van der Waals surface area contributed by atoms with Crippen molar-refractivity contribution in [3.05, 3.63) is 0 Å². The van der Waals surface area contributed by atoms with Gasteiger partial charge in [-0.3, -0.25) is 9.59 Å². The van der Waals surface area contributed by atoms with E-state index in [9.17, 15) is 9.59 Å². The van der Waals surface area contributed by atoms with Crippen molar-refractivity contribution in [2.75, 3.05) is 26.2 Å². The first-order valence-corrected chi connectivity index (χ1v) is 8.64. The Bertz CT molecular complexity index is 415. The molecule has 0 aromatic heterocycles. The van der Waals surface area contributed by atoms with E-state index in [0.29, 0.717) is 5.92 Å². The lowest BCUT2D eigenvalue weighted by Gasteiger charge is -2.32. The number of likely N-dealkylation sites (tertiary alicyclic amines) is 2. The zero-order valence-corrected chi connectivity index (χ0v) is 13.4. The van der Waals surface area contributed by atoms with E-state index in [1.165, 1.54) is 6.42 Å². The number of hydrogen-bond acceptors (Lipinski definition) is 2. The van der Waals surface area contributed by atoms with Gasteiger partial charge in [0.25, 0.3) is 0 Å². The van der Waals surface area contributed by atoms with Crippen molar-refractivity contribution in [3.8, 4) is 0 Å². The third-order valence-corrected chi connectivity index (χ3v) is 5.49. The maximum atomic E-state index is 12.5. The van der Waals surface area contributed by atoms with Crippen LogP contribution in [0, 0.1) is 23.7 Å². The zero-order valence-electron chi connectivity index (χ0n) is 13.4. The van der Waals surface area contributed by atoms with Gasteiger partial charge in [0.15, 0.2) is 0 Å². The van der Waals surface area contributed by atoms with Crippen LogP contribution in [0.25, 0.3) is 0 Å². The topological polar surface area (TPSA) is 40.6 Å². The molecular weight excluding hydrogens is 264 g/mol. The summed E-state index contributed by atoms with van der Waals surface area (Å²) in [6.45, 7) is 8.02. The Morgan fingerprint density at radius 2 is 1.43 bits per heavy atom. The maximum absolute atomic E-state index is 12.5. The predicted octanol–water partition coefficient (Wildman–Crippen LogP) is 2.14. The molecular formula is C17H28N2O2. The molecule has 1 aliphatic carbocycles. The van der Waals surface area contributed by atoms with Gasteiger partial charge in [0, 0.05) is 26.2 Å². The summed E-state index contributed by atoms with van der Waals surface area (Å²) in [5.74, 6) is 1.81. The third-order valence-electron chi connectivity index (χ3n) is 5.49. The SMILES string of the molecule is CC1CCN(C(=O)C2CC2C(=O)N2CCCC(C)C2)CC1. The Morgan fingerprint density at radius 1 is 0.810 bits per heavy atom. The standard InChI is InChI=1S/C17H28N2O2/c1-12-5-8-18(9-6-12)16(20)14-10-15(14)17(21)19-7-3-4-13(2)11-19/h12-15H,3-11H2,1-2H3. The number of carbonyl (C=O) groups excluding carboxylic acids is 2. The minimum Gasteiger partial charge on any atom is -0.342 e. The summed E-state index contributed by atoms with van der Waals surface area (Å²) in [5, 5.41) is 0. The predicted molar refractivity (Wildman–Crippen MR) is 81.6 cm³/mol. The summed E-state index contributed by atoms with van der Waals surface area (Å²) in [7, 11) is 0. The molecule has 3 aliphatic rings. The van der Waals surface area contributed by atoms with Gasteiger partial charge < -0.3 is 9.80 Å². The van der Waals surface area contributed by atoms with Crippen molar-refractivity contribution in [1.29, 1.82) is 0 Å². The van der Waals surface area contributed by atoms with Crippen molar-refractivity contribution in [2.24, 2.45) is 23.7 Å². The Kier molecular flexibility index (Phi) is 4.23. The van der Waals surface area contributed by atoms with E-state index in [4.69, 9.17) is 0 Å². The van der Waals surface area contributed by atoms with Crippen LogP contribution >= 0.6 is 0 Å². The highest BCUT2D eigenvalue weighted by Gasteiger charge is 2.51. The maximum Gasteiger partial charge on any atom is 0.226 e. The van der Waals surface area contributed by atoms with Crippen molar-refractivity contribution >= 4 is 11.8 Å². The molecule has 1 saturated carbocycles. The van der Waals surface area contributed by atoms with Gasteiger partial charge in [-0.05, 0) is 43.9 Å². The van der Waals surface area contributed by atoms with Gasteiger partial charge >= 0.3 is 0 Å². The molecule has 0 N–H and O–H groups in total. The fourth-order valence-electron chi connectivity index (χ4n) is 3.83. The molecule has 3 rings (SSSR count). The van der Waals surface area contributed by atoms with Crippen LogP contribution in [0.2, 0.25) is 0 Å². The second-order valence-electron chi connectivity index (χ2n) is 7.49. The molecule has 2 aliphatic heterocycles. The van der Waals surface area contributed by atoms with Crippen LogP contribution in [0.5, 0.6) is 0 Å². The molecule has 2 heterocycles. The van der Waals surface area contributed by atoms with E-state index in [1.54, 1.807) is 0 Å². The number of piperidine rings is 2. The van der Waals surface area contributed by atoms with E-state index in [1.807, 2.05) is 9.80 Å². The minimum absolute atomic E-state index is 0.0110. The monoisotopic (exact) mass is 292 g/mol. The summed E-state index contributed by atoms with van der Waals surface area (Å²) >= 11 is 0. The summed E-state index contributed by atoms with van der Waals surface area (Å²) in [6.07, 6.45) is 5.35. The lowest BCUT2D eigenvalue weighted by atomic mass is 9.98. The normalized spacial score (nSPS) is 33.9. The number of hydrogen-bond donors (Lipinski definition) is 0. The van der Waals surface area contributed by atoms with Gasteiger partial charge in [-0.25, -0.2) is 0 Å². The summed E-state index contributed by atoms with van der Waals surface area (Å²) in [4.78, 5) is 29.0. The van der Waals surface area contributed by atoms with E-state index in [2.05, 4.69) is 13.8 Å². The van der Waals surface area contributed by atoms with E-state index in [-0.39, 0.29) is 23.7 Å². The molecule has 2 saturated heterocycles. The number of amides is 2. The first-order valence-electron chi connectivity index (χ1n) is 8.64. The molecule has 3 atom stereocenters. The molecule has 0 spiro atoms. The van der Waals surface area contributed by atoms with Crippen molar-refractivity contribution < 1.29 is 9.59 Å². The van der Waals surface area contributed by atoms with Crippen LogP contribution in [-0.4, -0.2) is 47.8 Å². The Labute approximate surface area is 127 Å². The molecule has 4 heteroatoms. The highest BCUT2D eigenvalue weighted by Crippen LogP contribution is 2.42. The minimum atomic E-state index is -0.0119. The van der Waals surface area contributed by atoms with Gasteiger partial charge in [0.05, 0.1) is 11.8 Å². The highest BCUT2D eigenvalue weighted by atomic mass is 16.2. The Morgan fingerprint density at radius 3 is 2.05 bits per heavy atom. The molecule has 0 bridgehead atoms. The average Bonchev–Trinajstić information content (AvgIpc) is 3.27. The van der Waals surface area contributed by atoms with E-state index in [0.717, 1.165) is 57.8 Å². The van der Waals surface area contributed by atoms with Crippen LogP contribution in [-0.2, 0) is 9.59 Å². The van der Waals surface area contributed by atoms with Crippen LogP contribution in [0.4, 0.5) is 0 Å².